The molecule has 0 N–H and O–H groups in total. The van der Waals surface area contributed by atoms with E-state index in [4.69, 9.17) is 11.6 Å². The van der Waals surface area contributed by atoms with E-state index in [1.807, 2.05) is 11.8 Å². The summed E-state index contributed by atoms with van der Waals surface area (Å²) in [5, 5.41) is 1.05. The summed E-state index contributed by atoms with van der Waals surface area (Å²) in [6.07, 6.45) is 4.24. The van der Waals surface area contributed by atoms with E-state index in [-0.39, 0.29) is 0 Å². The number of thioether (sulfide) groups is 1. The van der Waals surface area contributed by atoms with Crippen LogP contribution in [0.2, 0.25) is 5.15 Å². The Balaban J connectivity index is 2.25. The Labute approximate surface area is 100 Å². The molecule has 1 aromatic rings. The van der Waals surface area contributed by atoms with Gasteiger partial charge in [0.2, 0.25) is 0 Å². The molecule has 0 aromatic carbocycles. The molecular weight excluding hydrogens is 319 g/mol. The fraction of sp³-hybridized carbons (Fsp3) is 0.500. The van der Waals surface area contributed by atoms with Gasteiger partial charge in [0.25, 0.3) is 0 Å². The average Bonchev–Trinajstić information content (AvgIpc) is 2.62. The highest BCUT2D eigenvalue weighted by molar-refractivity contribution is 14.1. The number of nitrogens with zero attached hydrogens (tertiary/aromatic N) is 2. The summed E-state index contributed by atoms with van der Waals surface area (Å²) >= 11 is 9.99. The topological polar surface area (TPSA) is 25.8 Å². The maximum absolute atomic E-state index is 5.92. The molecule has 2 nitrogen and oxygen atoms in total. The van der Waals surface area contributed by atoms with E-state index < -0.39 is 0 Å². The zero-order chi connectivity index (χ0) is 9.26. The highest BCUT2D eigenvalue weighted by Crippen LogP contribution is 2.38. The molecule has 0 aliphatic carbocycles. The summed E-state index contributed by atoms with van der Waals surface area (Å²) in [7, 11) is 0. The zero-order valence-electron chi connectivity index (χ0n) is 6.83. The standard InChI is InChI=1S/C8H8ClIN2S/c9-7-5(10)4-11-8(12-7)6-2-1-3-13-6/h4,6H,1-3H2. The van der Waals surface area contributed by atoms with E-state index >= 15 is 0 Å². The second-order valence-corrected chi connectivity index (χ2v) is 5.70. The van der Waals surface area contributed by atoms with Crippen LogP contribution in [-0.2, 0) is 0 Å². The second kappa shape index (κ2) is 4.31. The molecule has 1 aliphatic heterocycles. The van der Waals surface area contributed by atoms with Crippen molar-refractivity contribution in [3.05, 3.63) is 20.7 Å². The summed E-state index contributed by atoms with van der Waals surface area (Å²) in [6.45, 7) is 0. The van der Waals surface area contributed by atoms with Crippen LogP contribution in [0.25, 0.3) is 0 Å². The van der Waals surface area contributed by atoms with Crippen molar-refractivity contribution in [3.63, 3.8) is 0 Å². The van der Waals surface area contributed by atoms with E-state index in [1.165, 1.54) is 18.6 Å². The molecule has 2 rings (SSSR count). The van der Waals surface area contributed by atoms with Gasteiger partial charge in [-0.25, -0.2) is 9.97 Å². The molecule has 2 heterocycles. The largest absolute Gasteiger partial charge is 0.239 e. The molecule has 0 radical (unpaired) electrons. The number of hydrogen-bond donors (Lipinski definition) is 0. The Morgan fingerprint density at radius 3 is 3.08 bits per heavy atom. The molecule has 1 unspecified atom stereocenters. The predicted octanol–water partition coefficient (Wildman–Crippen LogP) is 3.30. The van der Waals surface area contributed by atoms with Crippen LogP contribution in [-0.4, -0.2) is 15.7 Å². The van der Waals surface area contributed by atoms with Crippen molar-refractivity contribution in [3.8, 4) is 0 Å². The van der Waals surface area contributed by atoms with Gasteiger partial charge in [-0.1, -0.05) is 11.6 Å². The van der Waals surface area contributed by atoms with E-state index in [2.05, 4.69) is 32.6 Å². The lowest BCUT2D eigenvalue weighted by molar-refractivity contribution is 0.775. The van der Waals surface area contributed by atoms with Gasteiger partial charge in [0, 0.05) is 6.20 Å². The van der Waals surface area contributed by atoms with Gasteiger partial charge < -0.3 is 0 Å². The molecule has 1 saturated heterocycles. The Hall–Kier alpha value is 0.450. The van der Waals surface area contributed by atoms with Crippen LogP contribution in [0.1, 0.15) is 23.9 Å². The summed E-state index contributed by atoms with van der Waals surface area (Å²) in [6, 6.07) is 0. The summed E-state index contributed by atoms with van der Waals surface area (Å²) in [5.41, 5.74) is 0. The van der Waals surface area contributed by atoms with Gasteiger partial charge in [0.15, 0.2) is 0 Å². The molecule has 0 spiro atoms. The van der Waals surface area contributed by atoms with Crippen LogP contribution in [0.5, 0.6) is 0 Å². The molecule has 5 heteroatoms. The minimum absolute atomic E-state index is 0.467. The molecule has 1 atom stereocenters. The Morgan fingerprint density at radius 1 is 1.62 bits per heavy atom. The van der Waals surface area contributed by atoms with Crippen LogP contribution in [0.15, 0.2) is 6.20 Å². The molecule has 1 aliphatic rings. The first kappa shape index (κ1) is 9.98. The van der Waals surface area contributed by atoms with Crippen molar-refractivity contribution in [2.24, 2.45) is 0 Å². The van der Waals surface area contributed by atoms with Crippen molar-refractivity contribution in [1.82, 2.24) is 9.97 Å². The van der Waals surface area contributed by atoms with Gasteiger partial charge in [-0.05, 0) is 41.2 Å². The summed E-state index contributed by atoms with van der Waals surface area (Å²) < 4.78 is 0.922. The van der Waals surface area contributed by atoms with Gasteiger partial charge in [0.05, 0.1) is 8.82 Å². The number of aromatic nitrogens is 2. The second-order valence-electron chi connectivity index (χ2n) is 2.87. The molecule has 1 aromatic heterocycles. The summed E-state index contributed by atoms with van der Waals surface area (Å²) in [5.74, 6) is 2.12. The minimum Gasteiger partial charge on any atom is -0.239 e. The van der Waals surface area contributed by atoms with Crippen LogP contribution in [0, 0.1) is 3.57 Å². The van der Waals surface area contributed by atoms with Crippen LogP contribution in [0.3, 0.4) is 0 Å². The highest BCUT2D eigenvalue weighted by Gasteiger charge is 2.20. The first-order valence-corrected chi connectivity index (χ1v) is 6.57. The third kappa shape index (κ3) is 2.27. The lowest BCUT2D eigenvalue weighted by atomic mass is 10.2. The van der Waals surface area contributed by atoms with Crippen molar-refractivity contribution in [1.29, 1.82) is 0 Å². The van der Waals surface area contributed by atoms with E-state index in [9.17, 15) is 0 Å². The number of hydrogen-bond acceptors (Lipinski definition) is 3. The molecule has 0 saturated carbocycles. The van der Waals surface area contributed by atoms with Crippen LogP contribution in [0.4, 0.5) is 0 Å². The van der Waals surface area contributed by atoms with Gasteiger partial charge in [-0.15, -0.1) is 0 Å². The Bertz CT molecular complexity index is 315. The van der Waals surface area contributed by atoms with Gasteiger partial charge >= 0.3 is 0 Å². The third-order valence-electron chi connectivity index (χ3n) is 1.94. The number of rotatable bonds is 1. The van der Waals surface area contributed by atoms with Gasteiger partial charge in [0.1, 0.15) is 11.0 Å². The van der Waals surface area contributed by atoms with Crippen molar-refractivity contribution < 1.29 is 0 Å². The quantitative estimate of drug-likeness (QED) is 0.585. The molecule has 13 heavy (non-hydrogen) atoms. The van der Waals surface area contributed by atoms with Gasteiger partial charge in [-0.3, -0.25) is 0 Å². The van der Waals surface area contributed by atoms with Crippen molar-refractivity contribution in [2.75, 3.05) is 5.75 Å². The van der Waals surface area contributed by atoms with E-state index in [0.717, 1.165) is 9.39 Å². The van der Waals surface area contributed by atoms with Crippen LogP contribution < -0.4 is 0 Å². The lowest BCUT2D eigenvalue weighted by Gasteiger charge is -2.06. The van der Waals surface area contributed by atoms with Crippen molar-refractivity contribution >= 4 is 46.0 Å². The SMILES string of the molecule is Clc1nc(C2CCCS2)ncc1I. The first-order chi connectivity index (χ1) is 6.27. The average molecular weight is 327 g/mol. The molecule has 1 fully saturated rings. The first-order valence-electron chi connectivity index (χ1n) is 4.07. The predicted molar refractivity (Wildman–Crippen MR) is 64.2 cm³/mol. The summed E-state index contributed by atoms with van der Waals surface area (Å²) in [4.78, 5) is 8.58. The smallest absolute Gasteiger partial charge is 0.146 e. The third-order valence-corrected chi connectivity index (χ3v) is 4.71. The van der Waals surface area contributed by atoms with E-state index in [0.29, 0.717) is 10.4 Å². The zero-order valence-corrected chi connectivity index (χ0v) is 10.6. The molecular formula is C8H8ClIN2S. The van der Waals surface area contributed by atoms with E-state index in [1.54, 1.807) is 6.20 Å². The minimum atomic E-state index is 0.467. The molecule has 70 valence electrons. The highest BCUT2D eigenvalue weighted by atomic mass is 127. The van der Waals surface area contributed by atoms with Crippen LogP contribution >= 0.6 is 46.0 Å². The molecule has 0 bridgehead atoms. The Morgan fingerprint density at radius 2 is 2.46 bits per heavy atom. The Kier molecular flexibility index (Phi) is 3.31. The maximum Gasteiger partial charge on any atom is 0.146 e. The number of halogens is 2. The maximum atomic E-state index is 5.92. The van der Waals surface area contributed by atoms with Gasteiger partial charge in [-0.2, -0.15) is 11.8 Å². The fourth-order valence-electron chi connectivity index (χ4n) is 1.30. The van der Waals surface area contributed by atoms with Crippen molar-refractivity contribution in [2.45, 2.75) is 18.1 Å². The normalized spacial score (nSPS) is 22.2. The monoisotopic (exact) mass is 326 g/mol. The lowest BCUT2D eigenvalue weighted by Crippen LogP contribution is -1.98. The fourth-order valence-corrected chi connectivity index (χ4v) is 2.90. The molecule has 0 amide bonds.